The zero-order valence-corrected chi connectivity index (χ0v) is 12.4. The smallest absolute Gasteiger partial charge is 0.304 e. The van der Waals surface area contributed by atoms with E-state index >= 15 is 0 Å². The second-order valence-electron chi connectivity index (χ2n) is 5.25. The molecule has 110 valence electrons. The summed E-state index contributed by atoms with van der Waals surface area (Å²) in [6.45, 7) is 8.67. The third-order valence-electron chi connectivity index (χ3n) is 3.62. The summed E-state index contributed by atoms with van der Waals surface area (Å²) in [4.78, 5) is 10.9. The molecule has 0 saturated carbocycles. The van der Waals surface area contributed by atoms with E-state index < -0.39 is 5.97 Å². The van der Waals surface area contributed by atoms with Crippen LogP contribution in [0.4, 0.5) is 0 Å². The van der Waals surface area contributed by atoms with Gasteiger partial charge in [0.15, 0.2) is 0 Å². The fourth-order valence-electron chi connectivity index (χ4n) is 2.18. The average Bonchev–Trinajstić information content (AvgIpc) is 2.44. The van der Waals surface area contributed by atoms with Gasteiger partial charge in [-0.2, -0.15) is 0 Å². The predicted octanol–water partition coefficient (Wildman–Crippen LogP) is 3.36. The summed E-state index contributed by atoms with van der Waals surface area (Å²) in [5.41, 5.74) is 2.50. The van der Waals surface area contributed by atoms with Crippen molar-refractivity contribution in [2.75, 3.05) is 6.54 Å². The SMILES string of the molecule is C=CCNC(CC(=O)O)Cc1ccc(C(C)CC)cc1. The number of carbonyl (C=O) groups is 1. The third kappa shape index (κ3) is 5.57. The first kappa shape index (κ1) is 16.4. The van der Waals surface area contributed by atoms with Crippen LogP contribution < -0.4 is 5.32 Å². The van der Waals surface area contributed by atoms with E-state index in [9.17, 15) is 4.79 Å². The molecule has 0 saturated heterocycles. The molecule has 2 atom stereocenters. The van der Waals surface area contributed by atoms with Crippen molar-refractivity contribution in [1.82, 2.24) is 5.32 Å². The molecule has 3 heteroatoms. The minimum absolute atomic E-state index is 0.0556. The van der Waals surface area contributed by atoms with Crippen molar-refractivity contribution in [3.63, 3.8) is 0 Å². The molecular formula is C17H25NO2. The molecule has 1 aromatic rings. The summed E-state index contributed by atoms with van der Waals surface area (Å²) in [7, 11) is 0. The van der Waals surface area contributed by atoms with Crippen molar-refractivity contribution in [3.05, 3.63) is 48.0 Å². The largest absolute Gasteiger partial charge is 0.481 e. The minimum Gasteiger partial charge on any atom is -0.481 e. The molecule has 20 heavy (non-hydrogen) atoms. The fraction of sp³-hybridized carbons (Fsp3) is 0.471. The number of hydrogen-bond donors (Lipinski definition) is 2. The molecule has 0 bridgehead atoms. The molecule has 2 unspecified atom stereocenters. The van der Waals surface area contributed by atoms with E-state index in [-0.39, 0.29) is 12.5 Å². The van der Waals surface area contributed by atoms with Crippen LogP contribution in [0.2, 0.25) is 0 Å². The molecule has 0 aliphatic heterocycles. The Kier molecular flexibility index (Phi) is 7.02. The Morgan fingerprint density at radius 3 is 2.55 bits per heavy atom. The van der Waals surface area contributed by atoms with Gasteiger partial charge in [0.1, 0.15) is 0 Å². The van der Waals surface area contributed by atoms with Gasteiger partial charge in [-0.15, -0.1) is 6.58 Å². The molecule has 1 rings (SSSR count). The van der Waals surface area contributed by atoms with Gasteiger partial charge in [-0.3, -0.25) is 4.79 Å². The lowest BCUT2D eigenvalue weighted by Crippen LogP contribution is -2.33. The molecule has 0 fully saturated rings. The van der Waals surface area contributed by atoms with Crippen LogP contribution in [0.1, 0.15) is 43.7 Å². The van der Waals surface area contributed by atoms with Gasteiger partial charge >= 0.3 is 5.97 Å². The van der Waals surface area contributed by atoms with Crippen LogP contribution in [-0.4, -0.2) is 23.7 Å². The zero-order valence-electron chi connectivity index (χ0n) is 12.4. The van der Waals surface area contributed by atoms with Crippen LogP contribution in [0.5, 0.6) is 0 Å². The molecule has 1 aromatic carbocycles. The van der Waals surface area contributed by atoms with Crippen LogP contribution in [0.25, 0.3) is 0 Å². The van der Waals surface area contributed by atoms with E-state index in [0.29, 0.717) is 12.5 Å². The zero-order chi connectivity index (χ0) is 15.0. The summed E-state index contributed by atoms with van der Waals surface area (Å²) in [5.74, 6) is -0.208. The molecule has 0 aliphatic carbocycles. The topological polar surface area (TPSA) is 49.3 Å². The molecule has 0 aliphatic rings. The van der Waals surface area contributed by atoms with Gasteiger partial charge in [-0.05, 0) is 29.9 Å². The maximum absolute atomic E-state index is 10.9. The normalized spacial score (nSPS) is 13.7. The van der Waals surface area contributed by atoms with E-state index in [1.165, 1.54) is 11.1 Å². The molecule has 0 amide bonds. The number of aliphatic carboxylic acids is 1. The van der Waals surface area contributed by atoms with Gasteiger partial charge in [0, 0.05) is 12.6 Å². The number of rotatable bonds is 9. The van der Waals surface area contributed by atoms with E-state index in [0.717, 1.165) is 12.8 Å². The Balaban J connectivity index is 2.67. The van der Waals surface area contributed by atoms with E-state index in [4.69, 9.17) is 5.11 Å². The lowest BCUT2D eigenvalue weighted by Gasteiger charge is -2.16. The molecule has 0 aromatic heterocycles. The van der Waals surface area contributed by atoms with Crippen LogP contribution in [0.3, 0.4) is 0 Å². The Labute approximate surface area is 121 Å². The van der Waals surface area contributed by atoms with Crippen molar-refractivity contribution in [3.8, 4) is 0 Å². The van der Waals surface area contributed by atoms with E-state index in [2.05, 4.69) is 50.0 Å². The van der Waals surface area contributed by atoms with Crippen molar-refractivity contribution >= 4 is 5.97 Å². The monoisotopic (exact) mass is 275 g/mol. The van der Waals surface area contributed by atoms with Crippen molar-refractivity contribution in [2.45, 2.75) is 45.1 Å². The van der Waals surface area contributed by atoms with E-state index in [1.807, 2.05) is 0 Å². The Morgan fingerprint density at radius 1 is 1.40 bits per heavy atom. The second kappa shape index (κ2) is 8.54. The fourth-order valence-corrected chi connectivity index (χ4v) is 2.18. The highest BCUT2D eigenvalue weighted by Gasteiger charge is 2.13. The number of carboxylic acid groups (broad SMARTS) is 1. The first-order valence-corrected chi connectivity index (χ1v) is 7.21. The predicted molar refractivity (Wildman–Crippen MR) is 83.1 cm³/mol. The van der Waals surface area contributed by atoms with Crippen LogP contribution in [0, 0.1) is 0 Å². The first-order chi connectivity index (χ1) is 9.56. The highest BCUT2D eigenvalue weighted by molar-refractivity contribution is 5.67. The van der Waals surface area contributed by atoms with Gasteiger partial charge in [0.2, 0.25) is 0 Å². The van der Waals surface area contributed by atoms with Crippen molar-refractivity contribution in [2.24, 2.45) is 0 Å². The highest BCUT2D eigenvalue weighted by Crippen LogP contribution is 2.19. The second-order valence-corrected chi connectivity index (χ2v) is 5.25. The molecular weight excluding hydrogens is 250 g/mol. The van der Waals surface area contributed by atoms with Crippen LogP contribution in [-0.2, 0) is 11.2 Å². The molecule has 3 nitrogen and oxygen atoms in total. The summed E-state index contributed by atoms with van der Waals surface area (Å²) in [6.07, 6.45) is 3.73. The Morgan fingerprint density at radius 2 is 2.05 bits per heavy atom. The van der Waals surface area contributed by atoms with Gasteiger partial charge in [0.25, 0.3) is 0 Å². The number of nitrogens with one attached hydrogen (secondary N) is 1. The summed E-state index contributed by atoms with van der Waals surface area (Å²) in [6, 6.07) is 8.45. The van der Waals surface area contributed by atoms with E-state index in [1.54, 1.807) is 6.08 Å². The average molecular weight is 275 g/mol. The minimum atomic E-state index is -0.775. The number of benzene rings is 1. The van der Waals surface area contributed by atoms with Crippen molar-refractivity contribution in [1.29, 1.82) is 0 Å². The van der Waals surface area contributed by atoms with Gasteiger partial charge < -0.3 is 10.4 Å². The molecule has 0 spiro atoms. The molecule has 0 radical (unpaired) electrons. The standard InChI is InChI=1S/C17H25NO2/c1-4-10-18-16(12-17(19)20)11-14-6-8-15(9-7-14)13(3)5-2/h4,6-9,13,16,18H,1,5,10-12H2,2-3H3,(H,19,20). The Bertz CT molecular complexity index is 425. The summed E-state index contributed by atoms with van der Waals surface area (Å²) in [5, 5.41) is 12.1. The van der Waals surface area contributed by atoms with Crippen LogP contribution >= 0.6 is 0 Å². The van der Waals surface area contributed by atoms with Gasteiger partial charge in [-0.1, -0.05) is 44.2 Å². The highest BCUT2D eigenvalue weighted by atomic mass is 16.4. The number of carboxylic acids is 1. The number of hydrogen-bond acceptors (Lipinski definition) is 2. The summed E-state index contributed by atoms with van der Waals surface area (Å²) >= 11 is 0. The third-order valence-corrected chi connectivity index (χ3v) is 3.62. The van der Waals surface area contributed by atoms with Gasteiger partial charge in [0.05, 0.1) is 6.42 Å². The van der Waals surface area contributed by atoms with Crippen LogP contribution in [0.15, 0.2) is 36.9 Å². The molecule has 0 heterocycles. The quantitative estimate of drug-likeness (QED) is 0.679. The lowest BCUT2D eigenvalue weighted by atomic mass is 9.95. The maximum atomic E-state index is 10.9. The molecule has 2 N–H and O–H groups in total. The van der Waals surface area contributed by atoms with Gasteiger partial charge in [-0.25, -0.2) is 0 Å². The van der Waals surface area contributed by atoms with Crippen molar-refractivity contribution < 1.29 is 9.90 Å². The maximum Gasteiger partial charge on any atom is 0.304 e. The Hall–Kier alpha value is -1.61. The first-order valence-electron chi connectivity index (χ1n) is 7.21. The summed E-state index contributed by atoms with van der Waals surface area (Å²) < 4.78 is 0. The lowest BCUT2D eigenvalue weighted by molar-refractivity contribution is -0.137.